The van der Waals surface area contributed by atoms with Crippen LogP contribution in [0.2, 0.25) is 0 Å². The van der Waals surface area contributed by atoms with Gasteiger partial charge in [-0.2, -0.15) is 0 Å². The van der Waals surface area contributed by atoms with Crippen molar-refractivity contribution in [3.63, 3.8) is 0 Å². The number of thiazole rings is 1. The molecule has 2 aromatic rings. The summed E-state index contributed by atoms with van der Waals surface area (Å²) in [5.41, 5.74) is 0.254. The van der Waals surface area contributed by atoms with Crippen molar-refractivity contribution in [3.05, 3.63) is 29.3 Å². The van der Waals surface area contributed by atoms with Gasteiger partial charge in [0, 0.05) is 25.2 Å². The highest BCUT2D eigenvalue weighted by atomic mass is 32.1. The predicted molar refractivity (Wildman–Crippen MR) is 104 cm³/mol. The number of fused-ring (bicyclic) bond motifs is 1. The third kappa shape index (κ3) is 5.97. The molecule has 25 heavy (non-hydrogen) atoms. The number of amides is 1. The minimum absolute atomic E-state index is 0.276. The van der Waals surface area contributed by atoms with Crippen LogP contribution in [0.3, 0.4) is 0 Å². The van der Waals surface area contributed by atoms with E-state index in [1.54, 1.807) is 16.2 Å². The number of ether oxygens (including phenoxy) is 1. The van der Waals surface area contributed by atoms with Crippen molar-refractivity contribution in [1.29, 1.82) is 0 Å². The van der Waals surface area contributed by atoms with E-state index in [1.807, 2.05) is 59.7 Å². The van der Waals surface area contributed by atoms with Gasteiger partial charge in [-0.05, 0) is 53.7 Å². The first-order valence-corrected chi connectivity index (χ1v) is 9.44. The number of aromatic nitrogens is 1. The fraction of sp³-hybridized carbons (Fsp3) is 0.579. The molecule has 0 aliphatic carbocycles. The topological polar surface area (TPSA) is 54.5 Å². The lowest BCUT2D eigenvalue weighted by atomic mass is 10.1. The first kappa shape index (κ1) is 19.7. The second-order valence-corrected chi connectivity index (χ2v) is 9.17. The van der Waals surface area contributed by atoms with Crippen LogP contribution in [-0.4, -0.2) is 40.2 Å². The summed E-state index contributed by atoms with van der Waals surface area (Å²) in [6, 6.07) is 8.14. The molecule has 138 valence electrons. The van der Waals surface area contributed by atoms with E-state index in [2.05, 4.69) is 16.4 Å². The summed E-state index contributed by atoms with van der Waals surface area (Å²) in [6.07, 6.45) is -0.276. The smallest absolute Gasteiger partial charge is 0.410 e. The van der Waals surface area contributed by atoms with E-state index in [-0.39, 0.29) is 11.6 Å². The molecule has 0 saturated heterocycles. The number of nitrogens with one attached hydrogen (secondary N) is 1. The molecule has 5 nitrogen and oxygen atoms in total. The SMILES string of the molecule is CC(C)(C)OC(=O)N(CCNCc1nc2ccccc2s1)C(C)(C)C. The highest BCUT2D eigenvalue weighted by Gasteiger charge is 2.30. The molecule has 1 amide bonds. The largest absolute Gasteiger partial charge is 0.444 e. The van der Waals surface area contributed by atoms with E-state index >= 15 is 0 Å². The number of rotatable bonds is 5. The lowest BCUT2D eigenvalue weighted by Crippen LogP contribution is -2.50. The van der Waals surface area contributed by atoms with E-state index in [0.29, 0.717) is 19.6 Å². The van der Waals surface area contributed by atoms with Gasteiger partial charge >= 0.3 is 6.09 Å². The monoisotopic (exact) mass is 363 g/mol. The maximum atomic E-state index is 12.5. The van der Waals surface area contributed by atoms with Gasteiger partial charge in [0.15, 0.2) is 0 Å². The molecule has 0 radical (unpaired) electrons. The molecule has 6 heteroatoms. The van der Waals surface area contributed by atoms with Crippen LogP contribution in [0.25, 0.3) is 10.2 Å². The number of carbonyl (C=O) groups excluding carboxylic acids is 1. The predicted octanol–water partition coefficient (Wildman–Crippen LogP) is 4.42. The molecule has 1 heterocycles. The summed E-state index contributed by atoms with van der Waals surface area (Å²) in [7, 11) is 0. The Bertz CT molecular complexity index is 680. The molecule has 0 unspecified atom stereocenters. The van der Waals surface area contributed by atoms with Crippen molar-refractivity contribution in [2.24, 2.45) is 0 Å². The lowest BCUT2D eigenvalue weighted by molar-refractivity contribution is 0.00663. The van der Waals surface area contributed by atoms with Crippen LogP contribution in [0.15, 0.2) is 24.3 Å². The molecule has 0 aliphatic rings. The van der Waals surface area contributed by atoms with Crippen LogP contribution in [-0.2, 0) is 11.3 Å². The molecule has 0 bridgehead atoms. The van der Waals surface area contributed by atoms with E-state index in [9.17, 15) is 4.79 Å². The van der Waals surface area contributed by atoms with Crippen LogP contribution in [0.5, 0.6) is 0 Å². The Morgan fingerprint density at radius 2 is 1.88 bits per heavy atom. The molecule has 1 aromatic carbocycles. The molecule has 2 rings (SSSR count). The van der Waals surface area contributed by atoms with E-state index in [4.69, 9.17) is 4.74 Å². The summed E-state index contributed by atoms with van der Waals surface area (Å²) in [5, 5.41) is 4.44. The highest BCUT2D eigenvalue weighted by Crippen LogP contribution is 2.21. The summed E-state index contributed by atoms with van der Waals surface area (Å²) < 4.78 is 6.73. The number of hydrogen-bond acceptors (Lipinski definition) is 5. The molecule has 0 spiro atoms. The zero-order chi connectivity index (χ0) is 18.7. The third-order valence-electron chi connectivity index (χ3n) is 3.55. The second-order valence-electron chi connectivity index (χ2n) is 8.05. The number of hydrogen-bond donors (Lipinski definition) is 1. The maximum Gasteiger partial charge on any atom is 0.410 e. The Hall–Kier alpha value is -1.66. The molecule has 0 saturated carbocycles. The Morgan fingerprint density at radius 3 is 2.48 bits per heavy atom. The Balaban J connectivity index is 1.89. The molecule has 0 fully saturated rings. The fourth-order valence-corrected chi connectivity index (χ4v) is 3.34. The maximum absolute atomic E-state index is 12.5. The van der Waals surface area contributed by atoms with Gasteiger partial charge in [-0.25, -0.2) is 9.78 Å². The van der Waals surface area contributed by atoms with Crippen molar-refractivity contribution in [1.82, 2.24) is 15.2 Å². The molecule has 1 aromatic heterocycles. The van der Waals surface area contributed by atoms with Gasteiger partial charge in [0.1, 0.15) is 10.6 Å². The normalized spacial score (nSPS) is 12.4. The van der Waals surface area contributed by atoms with E-state index in [0.717, 1.165) is 10.5 Å². The van der Waals surface area contributed by atoms with Crippen molar-refractivity contribution in [2.45, 2.75) is 59.2 Å². The first-order valence-electron chi connectivity index (χ1n) is 8.62. The molecular formula is C19H29N3O2S. The molecule has 1 N–H and O–H groups in total. The number of benzene rings is 1. The van der Waals surface area contributed by atoms with Crippen LogP contribution in [0.1, 0.15) is 46.6 Å². The first-order chi connectivity index (χ1) is 11.6. The fourth-order valence-electron chi connectivity index (χ4n) is 2.40. The number of nitrogens with zero attached hydrogens (tertiary/aromatic N) is 2. The lowest BCUT2D eigenvalue weighted by Gasteiger charge is -2.36. The van der Waals surface area contributed by atoms with Gasteiger partial charge in [-0.3, -0.25) is 0 Å². The zero-order valence-corrected chi connectivity index (χ0v) is 16.9. The van der Waals surface area contributed by atoms with Gasteiger partial charge in [-0.1, -0.05) is 12.1 Å². The Morgan fingerprint density at radius 1 is 1.20 bits per heavy atom. The minimum atomic E-state index is -0.491. The standard InChI is InChI=1S/C19H29N3O2S/c1-18(2,3)22(17(23)24-19(4,5)6)12-11-20-13-16-21-14-9-7-8-10-15(14)25-16/h7-10,20H,11-13H2,1-6H3. The van der Waals surface area contributed by atoms with E-state index < -0.39 is 5.60 Å². The molecular weight excluding hydrogens is 334 g/mol. The second kappa shape index (κ2) is 7.70. The van der Waals surface area contributed by atoms with Crippen LogP contribution >= 0.6 is 11.3 Å². The Labute approximate surface area is 154 Å². The summed E-state index contributed by atoms with van der Waals surface area (Å²) >= 11 is 1.70. The van der Waals surface area contributed by atoms with Gasteiger partial charge in [0.25, 0.3) is 0 Å². The number of carbonyl (C=O) groups is 1. The summed E-state index contributed by atoms with van der Waals surface area (Å²) in [4.78, 5) is 18.8. The zero-order valence-electron chi connectivity index (χ0n) is 16.0. The minimum Gasteiger partial charge on any atom is -0.444 e. The van der Waals surface area contributed by atoms with Crippen molar-refractivity contribution in [2.75, 3.05) is 13.1 Å². The molecule has 0 atom stereocenters. The van der Waals surface area contributed by atoms with Gasteiger partial charge < -0.3 is 15.0 Å². The highest BCUT2D eigenvalue weighted by molar-refractivity contribution is 7.18. The van der Waals surface area contributed by atoms with Crippen LogP contribution in [0.4, 0.5) is 4.79 Å². The van der Waals surface area contributed by atoms with Crippen molar-refractivity contribution in [3.8, 4) is 0 Å². The average molecular weight is 364 g/mol. The van der Waals surface area contributed by atoms with Gasteiger partial charge in [0.2, 0.25) is 0 Å². The van der Waals surface area contributed by atoms with Gasteiger partial charge in [0.05, 0.1) is 10.2 Å². The van der Waals surface area contributed by atoms with E-state index in [1.165, 1.54) is 4.70 Å². The number of para-hydroxylation sites is 1. The van der Waals surface area contributed by atoms with Crippen LogP contribution < -0.4 is 5.32 Å². The van der Waals surface area contributed by atoms with Gasteiger partial charge in [-0.15, -0.1) is 11.3 Å². The quantitative estimate of drug-likeness (QED) is 0.799. The Kier molecular flexibility index (Phi) is 6.06. The summed E-state index contributed by atoms with van der Waals surface area (Å²) in [5.74, 6) is 0. The van der Waals surface area contributed by atoms with Crippen molar-refractivity contribution >= 4 is 27.6 Å². The average Bonchev–Trinajstić information content (AvgIpc) is 2.86. The third-order valence-corrected chi connectivity index (χ3v) is 4.59. The van der Waals surface area contributed by atoms with Crippen LogP contribution in [0, 0.1) is 0 Å². The summed E-state index contributed by atoms with van der Waals surface area (Å²) in [6.45, 7) is 13.7. The van der Waals surface area contributed by atoms with Crippen molar-refractivity contribution < 1.29 is 9.53 Å². The molecule has 0 aliphatic heterocycles.